The van der Waals surface area contributed by atoms with Crippen LogP contribution in [-0.2, 0) is 0 Å². The van der Waals surface area contributed by atoms with E-state index in [1.807, 2.05) is 60.7 Å². The van der Waals surface area contributed by atoms with Gasteiger partial charge in [0.2, 0.25) is 0 Å². The van der Waals surface area contributed by atoms with Crippen molar-refractivity contribution >= 4 is 5.78 Å². The van der Waals surface area contributed by atoms with Gasteiger partial charge >= 0.3 is 0 Å². The molecule has 0 saturated carbocycles. The Balaban J connectivity index is 2.14. The molecule has 2 aromatic carbocycles. The topological polar surface area (TPSA) is 26.3 Å². The fraction of sp³-hybridized carbons (Fsp3) is 0.211. The Morgan fingerprint density at radius 3 is 2.38 bits per heavy atom. The maximum absolute atomic E-state index is 12.4. The monoisotopic (exact) mass is 280 g/mol. The molecule has 1 unspecified atom stereocenters. The van der Waals surface area contributed by atoms with Gasteiger partial charge in [-0.15, -0.1) is 6.58 Å². The molecule has 0 heterocycles. The largest absolute Gasteiger partial charge is 0.497 e. The summed E-state index contributed by atoms with van der Waals surface area (Å²) in [6.07, 6.45) is 3.14. The number of rotatable bonds is 7. The molecule has 0 fully saturated rings. The quantitative estimate of drug-likeness (QED) is 0.546. The number of methoxy groups -OCH3 is 1. The van der Waals surface area contributed by atoms with Gasteiger partial charge in [-0.2, -0.15) is 0 Å². The number of carbonyl (C=O) groups is 1. The van der Waals surface area contributed by atoms with Gasteiger partial charge in [-0.3, -0.25) is 4.79 Å². The van der Waals surface area contributed by atoms with Gasteiger partial charge in [0.25, 0.3) is 0 Å². The van der Waals surface area contributed by atoms with Gasteiger partial charge in [-0.1, -0.05) is 48.5 Å². The molecule has 0 N–H and O–H groups in total. The number of Topliss-reactive ketones (excluding diaryl/α,β-unsaturated/α-hetero) is 1. The van der Waals surface area contributed by atoms with Crippen LogP contribution in [0.15, 0.2) is 67.3 Å². The summed E-state index contributed by atoms with van der Waals surface area (Å²) in [6.45, 7) is 3.80. The fourth-order valence-electron chi connectivity index (χ4n) is 2.38. The van der Waals surface area contributed by atoms with Gasteiger partial charge < -0.3 is 4.74 Å². The summed E-state index contributed by atoms with van der Waals surface area (Å²) in [5, 5.41) is 0. The minimum absolute atomic E-state index is 0.154. The van der Waals surface area contributed by atoms with E-state index < -0.39 is 0 Å². The lowest BCUT2D eigenvalue weighted by Crippen LogP contribution is -2.07. The number of ketones is 1. The Morgan fingerprint density at radius 1 is 1.14 bits per heavy atom. The van der Waals surface area contributed by atoms with Crippen molar-refractivity contribution in [2.24, 2.45) is 0 Å². The lowest BCUT2D eigenvalue weighted by Gasteiger charge is -2.15. The molecule has 0 radical (unpaired) electrons. The van der Waals surface area contributed by atoms with E-state index in [0.29, 0.717) is 6.42 Å². The van der Waals surface area contributed by atoms with Crippen LogP contribution in [0.3, 0.4) is 0 Å². The predicted molar refractivity (Wildman–Crippen MR) is 85.9 cm³/mol. The normalized spacial score (nSPS) is 11.7. The summed E-state index contributed by atoms with van der Waals surface area (Å²) < 4.78 is 5.17. The third-order valence-electron chi connectivity index (χ3n) is 3.57. The Bertz CT molecular complexity index is 585. The molecule has 0 aliphatic carbocycles. The predicted octanol–water partition coefficient (Wildman–Crippen LogP) is 4.63. The second-order valence-corrected chi connectivity index (χ2v) is 4.99. The van der Waals surface area contributed by atoms with Crippen LogP contribution in [0.2, 0.25) is 0 Å². The first-order chi connectivity index (χ1) is 10.2. The minimum atomic E-state index is 0.154. The molecule has 2 aromatic rings. The van der Waals surface area contributed by atoms with Crippen LogP contribution < -0.4 is 4.74 Å². The zero-order chi connectivity index (χ0) is 15.1. The van der Waals surface area contributed by atoms with Crippen LogP contribution >= 0.6 is 0 Å². The van der Waals surface area contributed by atoms with Crippen LogP contribution in [-0.4, -0.2) is 12.9 Å². The van der Waals surface area contributed by atoms with E-state index in [4.69, 9.17) is 4.74 Å². The molecule has 0 aliphatic heterocycles. The van der Waals surface area contributed by atoms with Crippen LogP contribution in [0, 0.1) is 0 Å². The molecule has 0 saturated heterocycles. The second-order valence-electron chi connectivity index (χ2n) is 4.99. The first kappa shape index (κ1) is 15.0. The van der Waals surface area contributed by atoms with Crippen molar-refractivity contribution in [2.45, 2.75) is 18.8 Å². The molecule has 0 aliphatic rings. The Morgan fingerprint density at radius 2 is 1.81 bits per heavy atom. The van der Waals surface area contributed by atoms with Gasteiger partial charge in [0.1, 0.15) is 5.75 Å². The van der Waals surface area contributed by atoms with E-state index in [0.717, 1.165) is 23.3 Å². The number of benzene rings is 2. The van der Waals surface area contributed by atoms with E-state index >= 15 is 0 Å². The molecule has 108 valence electrons. The van der Waals surface area contributed by atoms with Crippen LogP contribution in [0.5, 0.6) is 5.75 Å². The van der Waals surface area contributed by atoms with Gasteiger partial charge in [-0.25, -0.2) is 0 Å². The lowest BCUT2D eigenvalue weighted by atomic mass is 9.89. The highest BCUT2D eigenvalue weighted by atomic mass is 16.5. The van der Waals surface area contributed by atoms with E-state index in [9.17, 15) is 4.79 Å². The zero-order valence-electron chi connectivity index (χ0n) is 12.3. The smallest absolute Gasteiger partial charge is 0.163 e. The van der Waals surface area contributed by atoms with Crippen LogP contribution in [0.4, 0.5) is 0 Å². The average molecular weight is 280 g/mol. The van der Waals surface area contributed by atoms with Crippen molar-refractivity contribution in [3.05, 3.63) is 78.4 Å². The first-order valence-corrected chi connectivity index (χ1v) is 7.07. The van der Waals surface area contributed by atoms with Gasteiger partial charge in [0.05, 0.1) is 7.11 Å². The standard InChI is InChI=1S/C19H20O2/c1-3-7-17(15-10-12-18(21-2)13-11-15)14-19(20)16-8-5-4-6-9-16/h3-6,8-13,17H,1,7,14H2,2H3. The lowest BCUT2D eigenvalue weighted by molar-refractivity contribution is 0.0974. The molecule has 0 spiro atoms. The van der Waals surface area contributed by atoms with Crippen LogP contribution in [0.25, 0.3) is 0 Å². The summed E-state index contributed by atoms with van der Waals surface area (Å²) >= 11 is 0. The van der Waals surface area contributed by atoms with Gasteiger partial charge in [0, 0.05) is 12.0 Å². The van der Waals surface area contributed by atoms with Crippen molar-refractivity contribution in [1.29, 1.82) is 0 Å². The molecule has 2 heteroatoms. The molecule has 2 nitrogen and oxygen atoms in total. The highest BCUT2D eigenvalue weighted by Gasteiger charge is 2.16. The maximum Gasteiger partial charge on any atom is 0.163 e. The van der Waals surface area contributed by atoms with E-state index in [1.54, 1.807) is 7.11 Å². The summed E-state index contributed by atoms with van der Waals surface area (Å²) in [7, 11) is 1.65. The van der Waals surface area contributed by atoms with E-state index in [2.05, 4.69) is 6.58 Å². The van der Waals surface area contributed by atoms with E-state index in [1.165, 1.54) is 0 Å². The number of ether oxygens (including phenoxy) is 1. The molecular formula is C19H20O2. The Kier molecular flexibility index (Phi) is 5.33. The summed E-state index contributed by atoms with van der Waals surface area (Å²) in [4.78, 5) is 12.4. The van der Waals surface area contributed by atoms with Crippen LogP contribution in [0.1, 0.15) is 34.7 Å². The number of carbonyl (C=O) groups excluding carboxylic acids is 1. The third kappa shape index (κ3) is 4.06. The molecule has 0 bridgehead atoms. The second kappa shape index (κ2) is 7.44. The third-order valence-corrected chi connectivity index (χ3v) is 3.57. The molecule has 0 aromatic heterocycles. The first-order valence-electron chi connectivity index (χ1n) is 7.07. The number of hydrogen-bond acceptors (Lipinski definition) is 2. The Hall–Kier alpha value is -2.35. The van der Waals surface area contributed by atoms with Crippen molar-refractivity contribution in [3.8, 4) is 5.75 Å². The molecule has 2 rings (SSSR count). The number of allylic oxidation sites excluding steroid dienone is 1. The molecule has 1 atom stereocenters. The maximum atomic E-state index is 12.4. The van der Waals surface area contributed by atoms with Crippen molar-refractivity contribution < 1.29 is 9.53 Å². The van der Waals surface area contributed by atoms with E-state index in [-0.39, 0.29) is 11.7 Å². The zero-order valence-corrected chi connectivity index (χ0v) is 12.3. The molecule has 21 heavy (non-hydrogen) atoms. The summed E-state index contributed by atoms with van der Waals surface area (Å²) in [6, 6.07) is 17.3. The van der Waals surface area contributed by atoms with Crippen molar-refractivity contribution in [3.63, 3.8) is 0 Å². The Labute approximate surface area is 126 Å². The fourth-order valence-corrected chi connectivity index (χ4v) is 2.38. The summed E-state index contributed by atoms with van der Waals surface area (Å²) in [5.74, 6) is 1.14. The minimum Gasteiger partial charge on any atom is -0.497 e. The number of hydrogen-bond donors (Lipinski definition) is 0. The SMILES string of the molecule is C=CCC(CC(=O)c1ccccc1)c1ccc(OC)cc1. The van der Waals surface area contributed by atoms with Gasteiger partial charge in [0.15, 0.2) is 5.78 Å². The van der Waals surface area contributed by atoms with Gasteiger partial charge in [-0.05, 0) is 30.0 Å². The average Bonchev–Trinajstić information content (AvgIpc) is 2.55. The highest BCUT2D eigenvalue weighted by molar-refractivity contribution is 5.96. The summed E-state index contributed by atoms with van der Waals surface area (Å²) in [5.41, 5.74) is 1.90. The van der Waals surface area contributed by atoms with Crippen molar-refractivity contribution in [2.75, 3.05) is 7.11 Å². The molecular weight excluding hydrogens is 260 g/mol. The molecule has 0 amide bonds. The van der Waals surface area contributed by atoms with Crippen molar-refractivity contribution in [1.82, 2.24) is 0 Å². The highest BCUT2D eigenvalue weighted by Crippen LogP contribution is 2.27.